The summed E-state index contributed by atoms with van der Waals surface area (Å²) in [5.41, 5.74) is 5.66. The monoisotopic (exact) mass is 766 g/mol. The molecular weight excluding hydrogens is 726 g/mol. The average Bonchev–Trinajstić information content (AvgIpc) is 3.18. The van der Waals surface area contributed by atoms with Crippen LogP contribution in [-0.4, -0.2) is 53.5 Å². The van der Waals surface area contributed by atoms with Crippen molar-refractivity contribution in [2.75, 3.05) is 32.8 Å². The molecule has 1 fully saturated rings. The van der Waals surface area contributed by atoms with Gasteiger partial charge in [-0.25, -0.2) is 9.37 Å². The largest absolute Gasteiger partial charge is 0.494 e. The molecule has 8 nitrogen and oxygen atoms in total. The van der Waals surface area contributed by atoms with Crippen LogP contribution in [0.25, 0.3) is 6.08 Å². The molecule has 0 bridgehead atoms. The number of hydrogen-bond acceptors (Lipinski definition) is 7. The Bertz CT molecular complexity index is 2020. The number of nitrogens with zero attached hydrogens (tertiary/aromatic N) is 4. The zero-order chi connectivity index (χ0) is 37.0. The summed E-state index contributed by atoms with van der Waals surface area (Å²) in [6.45, 7) is 6.59. The van der Waals surface area contributed by atoms with Gasteiger partial charge in [0.05, 0.1) is 29.5 Å². The topological polar surface area (TPSA) is 87.9 Å². The molecular formula is C43H41Cl2FN4O4. The minimum atomic E-state index is -0.267. The van der Waals surface area contributed by atoms with E-state index in [1.807, 2.05) is 30.0 Å². The first-order chi connectivity index (χ1) is 25.8. The van der Waals surface area contributed by atoms with E-state index in [0.717, 1.165) is 49.2 Å². The second kappa shape index (κ2) is 19.6. The Hall–Kier alpha value is -5.40. The zero-order valence-electron chi connectivity index (χ0n) is 29.9. The number of rotatable bonds is 14. The van der Waals surface area contributed by atoms with Gasteiger partial charge >= 0.3 is 0 Å². The standard InChI is InChI=1S/C43H40ClFN4O4.ClH/c1-31-25-36(26-40(44)43(31)53-41-18-17-39(28-47-41)52-30-35-10-6-33(27-46)7-11-35)12-19-42(50)49-22-20-48(21-23-49)29-34-8-4-32(5-9-34)3-2-24-51-38-15-13-37(45)14-16-38;/h4-19,25-26,28H,2-3,20-24,29-30H2,1H3;1H/b19-12+;. The Morgan fingerprint density at radius 2 is 1.57 bits per heavy atom. The van der Waals surface area contributed by atoms with Crippen LogP contribution in [0.5, 0.6) is 23.1 Å². The highest BCUT2D eigenvalue weighted by atomic mass is 35.5. The second-order valence-electron chi connectivity index (χ2n) is 12.8. The number of aromatic nitrogens is 1. The zero-order valence-corrected chi connectivity index (χ0v) is 31.5. The van der Waals surface area contributed by atoms with Crippen molar-refractivity contribution in [3.8, 4) is 29.2 Å². The molecule has 1 amide bonds. The Labute approximate surface area is 326 Å². The quantitative estimate of drug-likeness (QED) is 0.0823. The van der Waals surface area contributed by atoms with Gasteiger partial charge in [0.25, 0.3) is 0 Å². The maximum atomic E-state index is 13.0. The van der Waals surface area contributed by atoms with Crippen molar-refractivity contribution in [2.24, 2.45) is 0 Å². The molecule has 6 rings (SSSR count). The molecule has 278 valence electrons. The number of amides is 1. The second-order valence-corrected chi connectivity index (χ2v) is 13.2. The van der Waals surface area contributed by atoms with Crippen molar-refractivity contribution >= 4 is 36.0 Å². The summed E-state index contributed by atoms with van der Waals surface area (Å²) >= 11 is 6.62. The smallest absolute Gasteiger partial charge is 0.246 e. The van der Waals surface area contributed by atoms with Gasteiger partial charge in [-0.15, -0.1) is 12.4 Å². The fourth-order valence-electron chi connectivity index (χ4n) is 5.91. The number of benzene rings is 4. The summed E-state index contributed by atoms with van der Waals surface area (Å²) in [4.78, 5) is 21.6. The van der Waals surface area contributed by atoms with E-state index in [2.05, 4.69) is 40.2 Å². The summed E-state index contributed by atoms with van der Waals surface area (Å²) in [6, 6.07) is 31.3. The number of ether oxygens (including phenoxy) is 3. The van der Waals surface area contributed by atoms with Gasteiger partial charge in [0, 0.05) is 44.9 Å². The van der Waals surface area contributed by atoms with Crippen molar-refractivity contribution in [3.63, 3.8) is 0 Å². The average molecular weight is 768 g/mol. The highest BCUT2D eigenvalue weighted by Crippen LogP contribution is 2.34. The molecule has 1 aliphatic heterocycles. The van der Waals surface area contributed by atoms with Crippen LogP contribution >= 0.6 is 24.0 Å². The van der Waals surface area contributed by atoms with Gasteiger partial charge in [0.2, 0.25) is 11.8 Å². The molecule has 1 aromatic heterocycles. The maximum absolute atomic E-state index is 13.0. The van der Waals surface area contributed by atoms with E-state index in [4.69, 9.17) is 31.1 Å². The molecule has 1 aliphatic rings. The molecule has 11 heteroatoms. The number of aryl methyl sites for hydroxylation is 2. The van der Waals surface area contributed by atoms with Gasteiger partial charge < -0.3 is 19.1 Å². The van der Waals surface area contributed by atoms with Gasteiger partial charge in [-0.2, -0.15) is 5.26 Å². The molecule has 0 radical (unpaired) electrons. The van der Waals surface area contributed by atoms with Crippen molar-refractivity contribution in [1.82, 2.24) is 14.8 Å². The first kappa shape index (κ1) is 39.8. The molecule has 4 aromatic carbocycles. The summed E-state index contributed by atoms with van der Waals surface area (Å²) in [5.74, 6) is 1.83. The van der Waals surface area contributed by atoms with Crippen LogP contribution in [0.4, 0.5) is 4.39 Å². The molecule has 0 aliphatic carbocycles. The molecule has 54 heavy (non-hydrogen) atoms. The predicted molar refractivity (Wildman–Crippen MR) is 211 cm³/mol. The van der Waals surface area contributed by atoms with Gasteiger partial charge in [-0.1, -0.05) is 48.0 Å². The molecule has 0 atom stereocenters. The maximum Gasteiger partial charge on any atom is 0.246 e. The van der Waals surface area contributed by atoms with Crippen molar-refractivity contribution in [1.29, 1.82) is 5.26 Å². The summed E-state index contributed by atoms with van der Waals surface area (Å²) in [7, 11) is 0. The number of halogens is 3. The first-order valence-electron chi connectivity index (χ1n) is 17.5. The van der Waals surface area contributed by atoms with Crippen LogP contribution in [0.15, 0.2) is 109 Å². The SMILES string of the molecule is Cc1cc(/C=C/C(=O)N2CCN(Cc3ccc(CCCOc4ccc(F)cc4)cc3)CC2)cc(Cl)c1Oc1ccc(OCc2ccc(C#N)cc2)cn1.Cl. The number of nitriles is 1. The third-order valence-corrected chi connectivity index (χ3v) is 9.16. The van der Waals surface area contributed by atoms with Crippen molar-refractivity contribution in [2.45, 2.75) is 32.9 Å². The summed E-state index contributed by atoms with van der Waals surface area (Å²) < 4.78 is 30.6. The van der Waals surface area contributed by atoms with E-state index in [0.29, 0.717) is 60.0 Å². The molecule has 0 N–H and O–H groups in total. The lowest BCUT2D eigenvalue weighted by atomic mass is 10.1. The van der Waals surface area contributed by atoms with Crippen LogP contribution in [0.2, 0.25) is 5.02 Å². The van der Waals surface area contributed by atoms with Crippen LogP contribution in [0.3, 0.4) is 0 Å². The van der Waals surface area contributed by atoms with Gasteiger partial charge in [0.15, 0.2) is 5.75 Å². The van der Waals surface area contributed by atoms with Crippen LogP contribution in [-0.2, 0) is 24.4 Å². The van der Waals surface area contributed by atoms with Gasteiger partial charge in [-0.05, 0) is 108 Å². The van der Waals surface area contributed by atoms with Crippen molar-refractivity contribution in [3.05, 3.63) is 154 Å². The Morgan fingerprint density at radius 3 is 2.24 bits per heavy atom. The summed E-state index contributed by atoms with van der Waals surface area (Å²) in [6.07, 6.45) is 6.75. The number of piperazine rings is 1. The molecule has 1 saturated heterocycles. The van der Waals surface area contributed by atoms with E-state index in [1.165, 1.54) is 23.3 Å². The molecule has 0 saturated carbocycles. The fourth-order valence-corrected chi connectivity index (χ4v) is 6.22. The minimum absolute atomic E-state index is 0. The normalized spacial score (nSPS) is 12.9. The lowest BCUT2D eigenvalue weighted by molar-refractivity contribution is -0.127. The lowest BCUT2D eigenvalue weighted by Gasteiger charge is -2.34. The van der Waals surface area contributed by atoms with E-state index in [-0.39, 0.29) is 24.1 Å². The molecule has 2 heterocycles. The van der Waals surface area contributed by atoms with E-state index < -0.39 is 0 Å². The van der Waals surface area contributed by atoms with Crippen LogP contribution < -0.4 is 14.2 Å². The third kappa shape index (κ3) is 11.5. The van der Waals surface area contributed by atoms with E-state index in [9.17, 15) is 9.18 Å². The van der Waals surface area contributed by atoms with Crippen LogP contribution in [0.1, 0.15) is 39.8 Å². The van der Waals surface area contributed by atoms with Crippen LogP contribution in [0, 0.1) is 24.1 Å². The molecule has 0 unspecified atom stereocenters. The Morgan fingerprint density at radius 1 is 0.889 bits per heavy atom. The Kier molecular flexibility index (Phi) is 14.5. The third-order valence-electron chi connectivity index (χ3n) is 8.88. The highest BCUT2D eigenvalue weighted by Gasteiger charge is 2.20. The van der Waals surface area contributed by atoms with E-state index in [1.54, 1.807) is 60.8 Å². The Balaban J connectivity index is 0.00000561. The molecule has 5 aromatic rings. The predicted octanol–water partition coefficient (Wildman–Crippen LogP) is 9.22. The highest BCUT2D eigenvalue weighted by molar-refractivity contribution is 6.32. The first-order valence-corrected chi connectivity index (χ1v) is 17.9. The van der Waals surface area contributed by atoms with Gasteiger partial charge in [-0.3, -0.25) is 9.69 Å². The fraction of sp³-hybridized carbons (Fsp3) is 0.233. The minimum Gasteiger partial charge on any atom is -0.494 e. The van der Waals surface area contributed by atoms with Crippen molar-refractivity contribution < 1.29 is 23.4 Å². The number of carbonyl (C=O) groups excluding carboxylic acids is 1. The number of pyridine rings is 1. The lowest BCUT2D eigenvalue weighted by Crippen LogP contribution is -2.47. The number of carbonyl (C=O) groups is 1. The van der Waals surface area contributed by atoms with E-state index >= 15 is 0 Å². The van der Waals surface area contributed by atoms with Gasteiger partial charge in [0.1, 0.15) is 23.9 Å². The summed E-state index contributed by atoms with van der Waals surface area (Å²) in [5, 5.41) is 9.37. The number of hydrogen-bond donors (Lipinski definition) is 0. The molecule has 0 spiro atoms.